The number of rotatable bonds is 3. The number of aromatic amines is 1. The molecule has 2 aliphatic heterocycles. The number of hydrogen-bond donors (Lipinski definition) is 2. The molecule has 6 nitrogen and oxygen atoms in total. The monoisotopic (exact) mass is 375 g/mol. The van der Waals surface area contributed by atoms with E-state index in [0.29, 0.717) is 12.5 Å². The highest BCUT2D eigenvalue weighted by Gasteiger charge is 2.38. The Bertz CT molecular complexity index is 999. The van der Waals surface area contributed by atoms with Crippen LogP contribution < -0.4 is 10.2 Å². The number of aromatic nitrogens is 2. The van der Waals surface area contributed by atoms with Crippen LogP contribution in [0, 0.1) is 5.92 Å². The smallest absolute Gasteiger partial charge is 0.322 e. The van der Waals surface area contributed by atoms with Gasteiger partial charge >= 0.3 is 6.03 Å². The Kier molecular flexibility index (Phi) is 4.28. The average molecular weight is 375 g/mol. The van der Waals surface area contributed by atoms with Crippen LogP contribution >= 0.6 is 0 Å². The second kappa shape index (κ2) is 6.95. The molecule has 5 rings (SSSR count). The first-order chi connectivity index (χ1) is 13.7. The van der Waals surface area contributed by atoms with Crippen LogP contribution in [0.1, 0.15) is 24.5 Å². The minimum atomic E-state index is -0.000360. The molecule has 0 bridgehead atoms. The number of nitrogens with one attached hydrogen (secondary N) is 2. The van der Waals surface area contributed by atoms with Crippen molar-refractivity contribution in [2.75, 3.05) is 18.0 Å². The summed E-state index contributed by atoms with van der Waals surface area (Å²) in [5, 5.41) is 4.07. The fourth-order valence-electron chi connectivity index (χ4n) is 4.56. The summed E-state index contributed by atoms with van der Waals surface area (Å²) in [6.45, 7) is 5.65. The lowest BCUT2D eigenvalue weighted by Crippen LogP contribution is -2.58. The predicted molar refractivity (Wildman–Crippen MR) is 110 cm³/mol. The quantitative estimate of drug-likeness (QED) is 0.736. The van der Waals surface area contributed by atoms with E-state index in [0.717, 1.165) is 48.3 Å². The maximum absolute atomic E-state index is 13.0. The standard InChI is InChI=1S/C22H25N5O/c1-15-8-10-26(13-16-5-3-2-4-6-16)14-19(15)27-20-17(12-25-22(27)28)11-24-21-18(20)7-9-23-21/h2-7,9,11,15,19H,8,10,12-14H2,1H3,(H,23,24)(H,25,28)/t15-,19+/m1/s1. The first-order valence-electron chi connectivity index (χ1n) is 9.99. The Labute approximate surface area is 164 Å². The molecule has 144 valence electrons. The minimum absolute atomic E-state index is 0.000360. The molecule has 3 aromatic rings. The second-order valence-electron chi connectivity index (χ2n) is 7.95. The van der Waals surface area contributed by atoms with Crippen molar-refractivity contribution in [2.45, 2.75) is 32.5 Å². The number of H-pyrrole nitrogens is 1. The Morgan fingerprint density at radius 1 is 1.21 bits per heavy atom. The molecule has 2 aliphatic rings. The van der Waals surface area contributed by atoms with Gasteiger partial charge in [-0.25, -0.2) is 9.78 Å². The summed E-state index contributed by atoms with van der Waals surface area (Å²) in [6.07, 6.45) is 4.86. The van der Waals surface area contributed by atoms with Crippen LogP contribution in [0.3, 0.4) is 0 Å². The third-order valence-corrected chi connectivity index (χ3v) is 6.11. The van der Waals surface area contributed by atoms with E-state index in [4.69, 9.17) is 0 Å². The molecule has 6 heteroatoms. The van der Waals surface area contributed by atoms with Gasteiger partial charge in [0.05, 0.1) is 11.7 Å². The predicted octanol–water partition coefficient (Wildman–Crippen LogP) is 3.50. The topological polar surface area (TPSA) is 64.3 Å². The van der Waals surface area contributed by atoms with Gasteiger partial charge in [-0.3, -0.25) is 9.80 Å². The van der Waals surface area contributed by atoms with Crippen molar-refractivity contribution in [1.82, 2.24) is 20.2 Å². The van der Waals surface area contributed by atoms with Crippen LogP contribution in [0.15, 0.2) is 48.8 Å². The molecule has 0 unspecified atom stereocenters. The van der Waals surface area contributed by atoms with E-state index in [1.165, 1.54) is 5.56 Å². The van der Waals surface area contributed by atoms with E-state index in [2.05, 4.69) is 57.4 Å². The van der Waals surface area contributed by atoms with Crippen molar-refractivity contribution in [3.05, 3.63) is 59.9 Å². The number of amides is 2. The highest BCUT2D eigenvalue weighted by atomic mass is 16.2. The van der Waals surface area contributed by atoms with Gasteiger partial charge in [-0.1, -0.05) is 37.3 Å². The maximum atomic E-state index is 13.0. The number of likely N-dealkylation sites (tertiary alicyclic amines) is 1. The van der Waals surface area contributed by atoms with Crippen LogP contribution in [0.4, 0.5) is 10.5 Å². The third-order valence-electron chi connectivity index (χ3n) is 6.11. The fourth-order valence-corrected chi connectivity index (χ4v) is 4.56. The molecule has 1 fully saturated rings. The number of benzene rings is 1. The van der Waals surface area contributed by atoms with Gasteiger partial charge in [-0.15, -0.1) is 0 Å². The SMILES string of the molecule is C[C@@H]1CCN(Cc2ccccc2)C[C@@H]1N1C(=O)NCc2cnc3[nH]ccc3c21. The summed E-state index contributed by atoms with van der Waals surface area (Å²) in [4.78, 5) is 25.2. The Hall–Kier alpha value is -2.86. The van der Waals surface area contributed by atoms with Crippen LogP contribution in [0.5, 0.6) is 0 Å². The van der Waals surface area contributed by atoms with E-state index in [1.807, 2.05) is 23.4 Å². The number of urea groups is 1. The van der Waals surface area contributed by atoms with Gasteiger partial charge in [0.15, 0.2) is 0 Å². The largest absolute Gasteiger partial charge is 0.346 e. The summed E-state index contributed by atoms with van der Waals surface area (Å²) in [5.74, 6) is 0.436. The van der Waals surface area contributed by atoms with E-state index in [9.17, 15) is 4.79 Å². The number of pyridine rings is 1. The molecule has 0 saturated carbocycles. The molecule has 4 heterocycles. The zero-order valence-corrected chi connectivity index (χ0v) is 16.1. The van der Waals surface area contributed by atoms with E-state index in [-0.39, 0.29) is 12.1 Å². The van der Waals surface area contributed by atoms with Gasteiger partial charge < -0.3 is 10.3 Å². The van der Waals surface area contributed by atoms with E-state index < -0.39 is 0 Å². The number of anilines is 1. The Balaban J connectivity index is 1.49. The van der Waals surface area contributed by atoms with Crippen LogP contribution in [-0.4, -0.2) is 40.0 Å². The average Bonchev–Trinajstić information content (AvgIpc) is 3.20. The number of fused-ring (bicyclic) bond motifs is 3. The minimum Gasteiger partial charge on any atom is -0.346 e. The molecule has 0 aliphatic carbocycles. The van der Waals surface area contributed by atoms with Gasteiger partial charge in [0, 0.05) is 43.0 Å². The van der Waals surface area contributed by atoms with Gasteiger partial charge in [-0.2, -0.15) is 0 Å². The molecule has 2 amide bonds. The normalized spacial score (nSPS) is 22.9. The van der Waals surface area contributed by atoms with Crippen molar-refractivity contribution < 1.29 is 4.79 Å². The lowest BCUT2D eigenvalue weighted by atomic mass is 9.90. The highest BCUT2D eigenvalue weighted by Crippen LogP contribution is 2.36. The van der Waals surface area contributed by atoms with E-state index in [1.54, 1.807) is 0 Å². The van der Waals surface area contributed by atoms with Crippen molar-refractivity contribution in [1.29, 1.82) is 0 Å². The molecule has 2 atom stereocenters. The van der Waals surface area contributed by atoms with Crippen LogP contribution in [0.25, 0.3) is 11.0 Å². The maximum Gasteiger partial charge on any atom is 0.322 e. The van der Waals surface area contributed by atoms with Gasteiger partial charge in [0.25, 0.3) is 0 Å². The lowest BCUT2D eigenvalue weighted by molar-refractivity contribution is 0.155. The molecule has 0 radical (unpaired) electrons. The number of carbonyl (C=O) groups is 1. The second-order valence-corrected chi connectivity index (χ2v) is 7.95. The highest BCUT2D eigenvalue weighted by molar-refractivity contribution is 6.04. The molecular formula is C22H25N5O. The zero-order chi connectivity index (χ0) is 19.1. The summed E-state index contributed by atoms with van der Waals surface area (Å²) in [5.41, 5.74) is 4.26. The van der Waals surface area contributed by atoms with E-state index >= 15 is 0 Å². The van der Waals surface area contributed by atoms with Crippen molar-refractivity contribution in [3.8, 4) is 0 Å². The molecule has 28 heavy (non-hydrogen) atoms. The molecule has 1 saturated heterocycles. The summed E-state index contributed by atoms with van der Waals surface area (Å²) < 4.78 is 0. The Morgan fingerprint density at radius 2 is 2.07 bits per heavy atom. The van der Waals surface area contributed by atoms with Crippen molar-refractivity contribution >= 4 is 22.8 Å². The van der Waals surface area contributed by atoms with Crippen molar-refractivity contribution in [3.63, 3.8) is 0 Å². The molecular weight excluding hydrogens is 350 g/mol. The zero-order valence-electron chi connectivity index (χ0n) is 16.1. The van der Waals surface area contributed by atoms with Gasteiger partial charge in [-0.05, 0) is 30.5 Å². The Morgan fingerprint density at radius 3 is 2.93 bits per heavy atom. The summed E-state index contributed by atoms with van der Waals surface area (Å²) in [6, 6.07) is 12.7. The molecule has 2 aromatic heterocycles. The number of carbonyl (C=O) groups excluding carboxylic acids is 1. The first kappa shape index (κ1) is 17.3. The molecule has 0 spiro atoms. The number of piperidine rings is 1. The summed E-state index contributed by atoms with van der Waals surface area (Å²) >= 11 is 0. The van der Waals surface area contributed by atoms with Crippen molar-refractivity contribution in [2.24, 2.45) is 5.92 Å². The fraction of sp³-hybridized carbons (Fsp3) is 0.364. The first-order valence-corrected chi connectivity index (χ1v) is 9.99. The van der Waals surface area contributed by atoms with Crippen LogP contribution in [0.2, 0.25) is 0 Å². The number of hydrogen-bond acceptors (Lipinski definition) is 3. The summed E-state index contributed by atoms with van der Waals surface area (Å²) in [7, 11) is 0. The van der Waals surface area contributed by atoms with Crippen LogP contribution in [-0.2, 0) is 13.1 Å². The van der Waals surface area contributed by atoms with Gasteiger partial charge in [0.1, 0.15) is 5.65 Å². The molecule has 2 N–H and O–H groups in total. The number of nitrogens with zero attached hydrogens (tertiary/aromatic N) is 3. The van der Waals surface area contributed by atoms with Gasteiger partial charge in [0.2, 0.25) is 0 Å². The lowest BCUT2D eigenvalue weighted by Gasteiger charge is -2.45. The third kappa shape index (κ3) is 2.94. The molecule has 1 aromatic carbocycles.